The number of pyridine rings is 1. The van der Waals surface area contributed by atoms with Crippen LogP contribution in [-0.4, -0.2) is 17.1 Å². The summed E-state index contributed by atoms with van der Waals surface area (Å²) in [6.45, 7) is 0. The Morgan fingerprint density at radius 2 is 1.58 bits per heavy atom. The lowest BCUT2D eigenvalue weighted by atomic mass is 9.85. The summed E-state index contributed by atoms with van der Waals surface area (Å²) < 4.78 is 0. The third-order valence-electron chi connectivity index (χ3n) is 4.91. The number of carbonyl (C=O) groups excluding carboxylic acids is 1. The molecule has 0 radical (unpaired) electrons. The van der Waals surface area contributed by atoms with Crippen molar-refractivity contribution in [1.82, 2.24) is 10.4 Å². The normalized spacial score (nSPS) is 17.8. The fourth-order valence-electron chi connectivity index (χ4n) is 3.55. The van der Waals surface area contributed by atoms with E-state index >= 15 is 0 Å². The SMILES string of the molecule is O=C(N/N=C\c1ccccn1)C1CC1(c1ccccc1)c1ccccc1. The van der Waals surface area contributed by atoms with Gasteiger partial charge in [-0.05, 0) is 29.7 Å². The highest BCUT2D eigenvalue weighted by molar-refractivity contribution is 5.87. The van der Waals surface area contributed by atoms with Gasteiger partial charge in [0.2, 0.25) is 5.91 Å². The van der Waals surface area contributed by atoms with E-state index in [4.69, 9.17) is 0 Å². The Morgan fingerprint density at radius 3 is 2.15 bits per heavy atom. The first-order chi connectivity index (χ1) is 12.8. The zero-order valence-electron chi connectivity index (χ0n) is 14.2. The Kier molecular flexibility index (Phi) is 4.32. The number of amides is 1. The Balaban J connectivity index is 1.55. The van der Waals surface area contributed by atoms with Crippen LogP contribution in [0.15, 0.2) is 90.2 Å². The van der Waals surface area contributed by atoms with Crippen molar-refractivity contribution in [3.05, 3.63) is 102 Å². The van der Waals surface area contributed by atoms with Crippen molar-refractivity contribution in [3.63, 3.8) is 0 Å². The van der Waals surface area contributed by atoms with Gasteiger partial charge in [-0.3, -0.25) is 9.78 Å². The van der Waals surface area contributed by atoms with Gasteiger partial charge in [-0.25, -0.2) is 5.43 Å². The molecule has 1 aliphatic rings. The maximum atomic E-state index is 12.7. The summed E-state index contributed by atoms with van der Waals surface area (Å²) >= 11 is 0. The molecule has 4 heteroatoms. The van der Waals surface area contributed by atoms with Gasteiger partial charge in [0.1, 0.15) is 0 Å². The monoisotopic (exact) mass is 341 g/mol. The van der Waals surface area contributed by atoms with Crippen molar-refractivity contribution >= 4 is 12.1 Å². The van der Waals surface area contributed by atoms with E-state index in [1.807, 2.05) is 54.6 Å². The third-order valence-corrected chi connectivity index (χ3v) is 4.91. The Hall–Kier alpha value is -3.27. The molecule has 26 heavy (non-hydrogen) atoms. The summed E-state index contributed by atoms with van der Waals surface area (Å²) in [5.74, 6) is -0.196. The van der Waals surface area contributed by atoms with Gasteiger partial charge in [0.25, 0.3) is 0 Å². The highest BCUT2D eigenvalue weighted by Crippen LogP contribution is 2.58. The second kappa shape index (κ2) is 6.92. The number of hydrogen-bond donors (Lipinski definition) is 1. The molecule has 1 saturated carbocycles. The first-order valence-corrected chi connectivity index (χ1v) is 8.66. The van der Waals surface area contributed by atoms with E-state index in [9.17, 15) is 4.79 Å². The fourth-order valence-corrected chi connectivity index (χ4v) is 3.55. The Labute approximate surface area is 152 Å². The lowest BCUT2D eigenvalue weighted by Crippen LogP contribution is -2.25. The molecule has 4 nitrogen and oxygen atoms in total. The first kappa shape index (κ1) is 16.2. The second-order valence-electron chi connectivity index (χ2n) is 6.45. The molecule has 1 amide bonds. The van der Waals surface area contributed by atoms with Crippen LogP contribution in [0.5, 0.6) is 0 Å². The molecular weight excluding hydrogens is 322 g/mol. The molecule has 1 aliphatic carbocycles. The summed E-state index contributed by atoms with van der Waals surface area (Å²) in [5.41, 5.74) is 5.45. The fraction of sp³-hybridized carbons (Fsp3) is 0.136. The van der Waals surface area contributed by atoms with Gasteiger partial charge in [-0.15, -0.1) is 0 Å². The molecule has 1 atom stereocenters. The Bertz CT molecular complexity index is 868. The zero-order valence-corrected chi connectivity index (χ0v) is 14.2. The molecule has 1 fully saturated rings. The summed E-state index contributed by atoms with van der Waals surface area (Å²) in [4.78, 5) is 16.9. The molecule has 1 aromatic heterocycles. The molecule has 128 valence electrons. The minimum Gasteiger partial charge on any atom is -0.273 e. The number of rotatable bonds is 5. The summed E-state index contributed by atoms with van der Waals surface area (Å²) in [6, 6.07) is 26.0. The maximum Gasteiger partial charge on any atom is 0.244 e. The van der Waals surface area contributed by atoms with Crippen LogP contribution in [0.4, 0.5) is 0 Å². The van der Waals surface area contributed by atoms with Crippen LogP contribution in [0.1, 0.15) is 23.2 Å². The van der Waals surface area contributed by atoms with Crippen molar-refractivity contribution in [2.24, 2.45) is 11.0 Å². The standard InChI is InChI=1S/C22H19N3O/c26-21(25-24-16-19-13-7-8-14-23-19)20-15-22(20,17-9-3-1-4-10-17)18-11-5-2-6-12-18/h1-14,16,20H,15H2,(H,25,26)/b24-16-. The highest BCUT2D eigenvalue weighted by Gasteiger charge is 2.60. The summed E-state index contributed by atoms with van der Waals surface area (Å²) in [7, 11) is 0. The molecular formula is C22H19N3O. The quantitative estimate of drug-likeness (QED) is 0.570. The minimum absolute atomic E-state index is 0.0649. The van der Waals surface area contributed by atoms with Gasteiger partial charge in [0.05, 0.1) is 17.8 Å². The van der Waals surface area contributed by atoms with Crippen molar-refractivity contribution < 1.29 is 4.79 Å². The zero-order chi connectivity index (χ0) is 17.8. The predicted octanol–water partition coefficient (Wildman–Crippen LogP) is 3.54. The Morgan fingerprint density at radius 1 is 0.962 bits per heavy atom. The average molecular weight is 341 g/mol. The molecule has 3 aromatic rings. The molecule has 0 spiro atoms. The van der Waals surface area contributed by atoms with Gasteiger partial charge < -0.3 is 0 Å². The number of carbonyl (C=O) groups is 1. The van der Waals surface area contributed by atoms with Crippen LogP contribution in [0, 0.1) is 5.92 Å². The summed E-state index contributed by atoms with van der Waals surface area (Å²) in [5, 5.41) is 4.07. The number of nitrogens with zero attached hydrogens (tertiary/aromatic N) is 2. The molecule has 0 aliphatic heterocycles. The van der Waals surface area contributed by atoms with Gasteiger partial charge in [0.15, 0.2) is 0 Å². The second-order valence-corrected chi connectivity index (χ2v) is 6.45. The van der Waals surface area contributed by atoms with Gasteiger partial charge in [-0.2, -0.15) is 5.10 Å². The lowest BCUT2D eigenvalue weighted by molar-refractivity contribution is -0.122. The minimum atomic E-state index is -0.271. The number of benzene rings is 2. The molecule has 1 unspecified atom stereocenters. The van der Waals surface area contributed by atoms with Crippen LogP contribution in [0.25, 0.3) is 0 Å². The number of nitrogens with one attached hydrogen (secondary N) is 1. The molecule has 0 bridgehead atoms. The smallest absolute Gasteiger partial charge is 0.244 e. The predicted molar refractivity (Wildman–Crippen MR) is 102 cm³/mol. The third kappa shape index (κ3) is 3.02. The van der Waals surface area contributed by atoms with Crippen molar-refractivity contribution in [1.29, 1.82) is 0 Å². The van der Waals surface area contributed by atoms with Crippen LogP contribution < -0.4 is 5.43 Å². The van der Waals surface area contributed by atoms with E-state index in [2.05, 4.69) is 39.8 Å². The van der Waals surface area contributed by atoms with Crippen molar-refractivity contribution in [2.45, 2.75) is 11.8 Å². The molecule has 1 N–H and O–H groups in total. The van der Waals surface area contributed by atoms with E-state index in [0.29, 0.717) is 5.69 Å². The molecule has 2 aromatic carbocycles. The molecule has 1 heterocycles. The van der Waals surface area contributed by atoms with Crippen molar-refractivity contribution in [3.8, 4) is 0 Å². The number of hydrogen-bond acceptors (Lipinski definition) is 3. The lowest BCUT2D eigenvalue weighted by Gasteiger charge is -2.18. The van der Waals surface area contributed by atoms with Crippen molar-refractivity contribution in [2.75, 3.05) is 0 Å². The van der Waals surface area contributed by atoms with Gasteiger partial charge >= 0.3 is 0 Å². The van der Waals surface area contributed by atoms with Gasteiger partial charge in [-0.1, -0.05) is 66.7 Å². The van der Waals surface area contributed by atoms with Crippen LogP contribution in [0.2, 0.25) is 0 Å². The van der Waals surface area contributed by atoms with E-state index in [1.165, 1.54) is 11.1 Å². The number of aromatic nitrogens is 1. The van der Waals surface area contributed by atoms with Crippen LogP contribution in [-0.2, 0) is 10.2 Å². The van der Waals surface area contributed by atoms with Crippen LogP contribution in [0.3, 0.4) is 0 Å². The van der Waals surface area contributed by atoms with Gasteiger partial charge in [0, 0.05) is 11.6 Å². The number of hydrazone groups is 1. The topological polar surface area (TPSA) is 54.4 Å². The summed E-state index contributed by atoms with van der Waals surface area (Å²) in [6.07, 6.45) is 4.04. The van der Waals surface area contributed by atoms with E-state index in [-0.39, 0.29) is 17.2 Å². The van der Waals surface area contributed by atoms with Crippen LogP contribution >= 0.6 is 0 Å². The largest absolute Gasteiger partial charge is 0.273 e. The molecule has 0 saturated heterocycles. The average Bonchev–Trinajstić information content (AvgIpc) is 3.47. The molecule has 4 rings (SSSR count). The maximum absolute atomic E-state index is 12.7. The van der Waals surface area contributed by atoms with E-state index < -0.39 is 0 Å². The highest BCUT2D eigenvalue weighted by atomic mass is 16.2. The van der Waals surface area contributed by atoms with E-state index in [0.717, 1.165) is 6.42 Å². The first-order valence-electron chi connectivity index (χ1n) is 8.66. The van der Waals surface area contributed by atoms with E-state index in [1.54, 1.807) is 12.4 Å².